The quantitative estimate of drug-likeness (QED) is 0.727. The number of benzene rings is 1. The topological polar surface area (TPSA) is 3.24 Å². The number of alkyl halides is 1. The normalized spacial score (nSPS) is 24.4. The van der Waals surface area contributed by atoms with Crippen molar-refractivity contribution in [3.8, 4) is 0 Å². The maximum Gasteiger partial charge on any atom is 0.146 e. The minimum atomic E-state index is -0.143. The van der Waals surface area contributed by atoms with Crippen LogP contribution in [-0.4, -0.2) is 12.1 Å². The van der Waals surface area contributed by atoms with Crippen molar-refractivity contribution >= 4 is 17.3 Å². The van der Waals surface area contributed by atoms with Crippen LogP contribution < -0.4 is 4.90 Å². The molecule has 1 fully saturated rings. The lowest BCUT2D eigenvalue weighted by atomic mass is 10.1. The van der Waals surface area contributed by atoms with E-state index in [0.29, 0.717) is 18.0 Å². The number of hydrogen-bond acceptors (Lipinski definition) is 1. The van der Waals surface area contributed by atoms with Gasteiger partial charge in [0.05, 0.1) is 5.69 Å². The second-order valence-corrected chi connectivity index (χ2v) is 5.04. The van der Waals surface area contributed by atoms with E-state index in [4.69, 9.17) is 11.6 Å². The highest BCUT2D eigenvalue weighted by Gasteiger charge is 2.32. The minimum absolute atomic E-state index is 0.143. The Kier molecular flexibility index (Phi) is 3.93. The second kappa shape index (κ2) is 5.26. The minimum Gasteiger partial charge on any atom is -0.363 e. The molecule has 0 aliphatic carbocycles. The van der Waals surface area contributed by atoms with Crippen molar-refractivity contribution in [1.82, 2.24) is 0 Å². The number of nitrogens with zero attached hydrogens (tertiary/aromatic N) is 1. The lowest BCUT2D eigenvalue weighted by molar-refractivity contribution is 0.580. The van der Waals surface area contributed by atoms with Gasteiger partial charge in [-0.05, 0) is 37.8 Å². The van der Waals surface area contributed by atoms with Gasteiger partial charge in [-0.15, -0.1) is 11.6 Å². The molecular weight excluding hydrogens is 237 g/mol. The molecule has 1 nitrogen and oxygen atoms in total. The lowest BCUT2D eigenvalue weighted by Gasteiger charge is -2.32. The van der Waals surface area contributed by atoms with Gasteiger partial charge < -0.3 is 4.90 Å². The molecule has 0 saturated carbocycles. The van der Waals surface area contributed by atoms with Crippen LogP contribution in [0.3, 0.4) is 0 Å². The van der Waals surface area contributed by atoms with Gasteiger partial charge in [-0.3, -0.25) is 0 Å². The summed E-state index contributed by atoms with van der Waals surface area (Å²) in [4.78, 5) is 2.23. The fraction of sp³-hybridized carbons (Fsp3) is 0.571. The number of halogens is 2. The molecule has 0 bridgehead atoms. The highest BCUT2D eigenvalue weighted by Crippen LogP contribution is 2.36. The van der Waals surface area contributed by atoms with Crippen molar-refractivity contribution in [2.45, 2.75) is 51.1 Å². The van der Waals surface area contributed by atoms with Crippen LogP contribution in [0.2, 0.25) is 0 Å². The van der Waals surface area contributed by atoms with Crippen molar-refractivity contribution < 1.29 is 4.39 Å². The van der Waals surface area contributed by atoms with Crippen LogP contribution in [0.15, 0.2) is 18.2 Å². The zero-order valence-electron chi connectivity index (χ0n) is 10.4. The summed E-state index contributed by atoms with van der Waals surface area (Å²) in [6.45, 7) is 4.33. The third-order valence-electron chi connectivity index (χ3n) is 3.73. The zero-order chi connectivity index (χ0) is 12.4. The van der Waals surface area contributed by atoms with E-state index in [2.05, 4.69) is 18.7 Å². The van der Waals surface area contributed by atoms with Crippen molar-refractivity contribution in [1.29, 1.82) is 0 Å². The van der Waals surface area contributed by atoms with E-state index in [0.717, 1.165) is 30.5 Å². The maximum atomic E-state index is 14.1. The molecular formula is C14H19ClFN. The van der Waals surface area contributed by atoms with Crippen LogP contribution in [0.1, 0.15) is 38.7 Å². The van der Waals surface area contributed by atoms with Gasteiger partial charge in [-0.1, -0.05) is 19.1 Å². The SMILES string of the molecule is CCC1CCC(C)N1c1c(F)cccc1CCl. The Morgan fingerprint density at radius 3 is 2.82 bits per heavy atom. The van der Waals surface area contributed by atoms with E-state index >= 15 is 0 Å². The van der Waals surface area contributed by atoms with E-state index in [1.807, 2.05) is 6.07 Å². The first kappa shape index (κ1) is 12.7. The van der Waals surface area contributed by atoms with Gasteiger partial charge in [0.15, 0.2) is 0 Å². The molecule has 2 unspecified atom stereocenters. The van der Waals surface area contributed by atoms with E-state index in [-0.39, 0.29) is 5.82 Å². The molecule has 3 heteroatoms. The van der Waals surface area contributed by atoms with Crippen LogP contribution in [-0.2, 0) is 5.88 Å². The molecule has 2 rings (SSSR count). The number of hydrogen-bond donors (Lipinski definition) is 0. The number of rotatable bonds is 3. The predicted molar refractivity (Wildman–Crippen MR) is 71.2 cm³/mol. The van der Waals surface area contributed by atoms with E-state index in [1.54, 1.807) is 6.07 Å². The van der Waals surface area contributed by atoms with Crippen LogP contribution in [0.4, 0.5) is 10.1 Å². The van der Waals surface area contributed by atoms with Crippen LogP contribution >= 0.6 is 11.6 Å². The molecule has 0 N–H and O–H groups in total. The molecule has 1 saturated heterocycles. The number of anilines is 1. The Morgan fingerprint density at radius 2 is 2.18 bits per heavy atom. The van der Waals surface area contributed by atoms with E-state index < -0.39 is 0 Å². The van der Waals surface area contributed by atoms with Gasteiger partial charge >= 0.3 is 0 Å². The van der Waals surface area contributed by atoms with Gasteiger partial charge in [-0.2, -0.15) is 0 Å². The Labute approximate surface area is 108 Å². The summed E-state index contributed by atoms with van der Waals surface area (Å²) in [5, 5.41) is 0. The Hall–Kier alpha value is -0.760. The molecule has 0 spiro atoms. The van der Waals surface area contributed by atoms with Crippen LogP contribution in [0.5, 0.6) is 0 Å². The maximum absolute atomic E-state index is 14.1. The van der Waals surface area contributed by atoms with Crippen molar-refractivity contribution in [3.05, 3.63) is 29.6 Å². The fourth-order valence-corrected chi connectivity index (χ4v) is 3.05. The molecule has 1 aliphatic rings. The average molecular weight is 256 g/mol. The summed E-state index contributed by atoms with van der Waals surface area (Å²) in [6.07, 6.45) is 3.34. The summed E-state index contributed by atoms with van der Waals surface area (Å²) in [7, 11) is 0. The zero-order valence-corrected chi connectivity index (χ0v) is 11.2. The van der Waals surface area contributed by atoms with E-state index in [9.17, 15) is 4.39 Å². The Balaban J connectivity index is 2.44. The molecule has 0 amide bonds. The van der Waals surface area contributed by atoms with Gasteiger partial charge in [0.25, 0.3) is 0 Å². The lowest BCUT2D eigenvalue weighted by Crippen LogP contribution is -2.35. The third kappa shape index (κ3) is 2.28. The van der Waals surface area contributed by atoms with E-state index in [1.165, 1.54) is 6.07 Å². The highest BCUT2D eigenvalue weighted by molar-refractivity contribution is 6.17. The predicted octanol–water partition coefficient (Wildman–Crippen LogP) is 4.33. The smallest absolute Gasteiger partial charge is 0.146 e. The standard InChI is InChI=1S/C14H19ClFN/c1-3-12-8-7-10(2)17(12)14-11(9-15)5-4-6-13(14)16/h4-6,10,12H,3,7-9H2,1-2H3. The molecule has 94 valence electrons. The first-order chi connectivity index (χ1) is 8.19. The summed E-state index contributed by atoms with van der Waals surface area (Å²) in [5.74, 6) is 0.225. The Bertz CT molecular complexity index is 394. The van der Waals surface area contributed by atoms with Crippen LogP contribution in [0.25, 0.3) is 0 Å². The fourth-order valence-electron chi connectivity index (χ4n) is 2.83. The summed E-state index contributed by atoms with van der Waals surface area (Å²) in [5.41, 5.74) is 1.62. The molecule has 0 radical (unpaired) electrons. The Morgan fingerprint density at radius 1 is 1.41 bits per heavy atom. The third-order valence-corrected chi connectivity index (χ3v) is 4.02. The first-order valence-electron chi connectivity index (χ1n) is 6.30. The van der Waals surface area contributed by atoms with Gasteiger partial charge in [0.1, 0.15) is 5.82 Å². The molecule has 1 heterocycles. The average Bonchev–Trinajstić information content (AvgIpc) is 2.70. The second-order valence-electron chi connectivity index (χ2n) is 4.78. The summed E-state index contributed by atoms with van der Waals surface area (Å²) >= 11 is 5.93. The molecule has 1 aromatic carbocycles. The molecule has 1 aromatic rings. The molecule has 2 atom stereocenters. The van der Waals surface area contributed by atoms with Crippen molar-refractivity contribution in [2.75, 3.05) is 4.90 Å². The molecule has 1 aliphatic heterocycles. The summed E-state index contributed by atoms with van der Waals surface area (Å²) in [6, 6.07) is 6.03. The van der Waals surface area contributed by atoms with Crippen molar-refractivity contribution in [3.63, 3.8) is 0 Å². The van der Waals surface area contributed by atoms with Crippen molar-refractivity contribution in [2.24, 2.45) is 0 Å². The van der Waals surface area contributed by atoms with Gasteiger partial charge in [0.2, 0.25) is 0 Å². The highest BCUT2D eigenvalue weighted by atomic mass is 35.5. The largest absolute Gasteiger partial charge is 0.363 e. The molecule has 17 heavy (non-hydrogen) atoms. The van der Waals surface area contributed by atoms with Gasteiger partial charge in [-0.25, -0.2) is 4.39 Å². The van der Waals surface area contributed by atoms with Gasteiger partial charge in [0, 0.05) is 18.0 Å². The summed E-state index contributed by atoms with van der Waals surface area (Å²) < 4.78 is 14.1. The first-order valence-corrected chi connectivity index (χ1v) is 6.84. The van der Waals surface area contributed by atoms with Crippen LogP contribution in [0, 0.1) is 5.82 Å². The monoisotopic (exact) mass is 255 g/mol. The molecule has 0 aromatic heterocycles. The number of para-hydroxylation sites is 1.